The molecule has 2 saturated carbocycles. The number of fused-ring (bicyclic) bond motifs is 1. The highest BCUT2D eigenvalue weighted by Gasteiger charge is 2.44. The van der Waals surface area contributed by atoms with Crippen LogP contribution in [0.4, 0.5) is 0 Å². The van der Waals surface area contributed by atoms with E-state index in [0.717, 1.165) is 42.1 Å². The normalized spacial score (nSPS) is 27.1. The zero-order valence-electron chi connectivity index (χ0n) is 16.5. The van der Waals surface area contributed by atoms with Crippen molar-refractivity contribution >= 4 is 17.2 Å². The molecule has 2 fully saturated rings. The molecule has 1 aromatic heterocycles. The Hall–Kier alpha value is -1.72. The van der Waals surface area contributed by atoms with Gasteiger partial charge in [-0.3, -0.25) is 4.79 Å². The number of hydrogen-bond acceptors (Lipinski definition) is 4. The van der Waals surface area contributed by atoms with Gasteiger partial charge in [0.1, 0.15) is 5.69 Å². The lowest BCUT2D eigenvalue weighted by molar-refractivity contribution is 0.0721. The number of aromatic nitrogens is 1. The molecule has 0 N–H and O–H groups in total. The SMILES string of the molecule is CN(C)C1C[C@@H]2CC(N(C)C(=O)c3csc(Cc4ccccc4)n3)C[C@@H]2C1. The zero-order chi connectivity index (χ0) is 19.0. The third-order valence-corrected chi connectivity index (χ3v) is 7.38. The molecule has 0 spiro atoms. The quantitative estimate of drug-likeness (QED) is 0.785. The van der Waals surface area contributed by atoms with Gasteiger partial charge in [-0.05, 0) is 57.2 Å². The molecule has 2 aliphatic carbocycles. The summed E-state index contributed by atoms with van der Waals surface area (Å²) in [7, 11) is 6.34. The molecule has 27 heavy (non-hydrogen) atoms. The minimum Gasteiger partial charge on any atom is -0.337 e. The molecule has 2 aromatic rings. The van der Waals surface area contributed by atoms with Crippen LogP contribution in [0.2, 0.25) is 0 Å². The van der Waals surface area contributed by atoms with Crippen LogP contribution in [-0.4, -0.2) is 53.9 Å². The molecular formula is C22H29N3OS. The van der Waals surface area contributed by atoms with E-state index in [1.807, 2.05) is 35.5 Å². The van der Waals surface area contributed by atoms with Crippen LogP contribution in [0.1, 0.15) is 46.7 Å². The average Bonchev–Trinajstić information content (AvgIpc) is 3.35. The van der Waals surface area contributed by atoms with Crippen molar-refractivity contribution in [2.24, 2.45) is 11.8 Å². The minimum atomic E-state index is 0.0831. The van der Waals surface area contributed by atoms with Gasteiger partial charge < -0.3 is 9.80 Å². The van der Waals surface area contributed by atoms with Crippen LogP contribution in [0.25, 0.3) is 0 Å². The van der Waals surface area contributed by atoms with Gasteiger partial charge in [-0.15, -0.1) is 11.3 Å². The van der Waals surface area contributed by atoms with E-state index >= 15 is 0 Å². The second kappa shape index (κ2) is 7.72. The van der Waals surface area contributed by atoms with E-state index in [9.17, 15) is 4.79 Å². The maximum Gasteiger partial charge on any atom is 0.273 e. The Kier molecular flexibility index (Phi) is 5.33. The number of rotatable bonds is 5. The third kappa shape index (κ3) is 3.94. The standard InChI is InChI=1S/C22H29N3OS/c1-24(2)18-10-16-12-19(13-17(16)11-18)25(3)22(26)20-14-27-21(23-20)9-15-7-5-4-6-8-15/h4-8,14,16-19H,9-13H2,1-3H3/t16-,17+,18?,19?. The van der Waals surface area contributed by atoms with E-state index in [1.165, 1.54) is 18.4 Å². The number of thiazole rings is 1. The number of hydrogen-bond donors (Lipinski definition) is 0. The Morgan fingerprint density at radius 2 is 1.67 bits per heavy atom. The molecule has 0 bridgehead atoms. The second-order valence-electron chi connectivity index (χ2n) is 8.44. The topological polar surface area (TPSA) is 36.4 Å². The molecule has 0 radical (unpaired) electrons. The monoisotopic (exact) mass is 383 g/mol. The summed E-state index contributed by atoms with van der Waals surface area (Å²) in [4.78, 5) is 21.9. The summed E-state index contributed by atoms with van der Waals surface area (Å²) in [5.74, 6) is 1.64. The lowest BCUT2D eigenvalue weighted by Crippen LogP contribution is -2.36. The molecule has 1 amide bonds. The van der Waals surface area contributed by atoms with Gasteiger partial charge in [0, 0.05) is 30.9 Å². The van der Waals surface area contributed by atoms with E-state index in [2.05, 4.69) is 36.1 Å². The van der Waals surface area contributed by atoms with Crippen molar-refractivity contribution in [3.63, 3.8) is 0 Å². The molecule has 144 valence electrons. The fraction of sp³-hybridized carbons (Fsp3) is 0.545. The lowest BCUT2D eigenvalue weighted by atomic mass is 10.0. The van der Waals surface area contributed by atoms with Crippen molar-refractivity contribution in [3.8, 4) is 0 Å². The predicted octanol–water partition coefficient (Wildman–Crippen LogP) is 3.92. The van der Waals surface area contributed by atoms with Crippen LogP contribution in [0.3, 0.4) is 0 Å². The fourth-order valence-electron chi connectivity index (χ4n) is 4.90. The van der Waals surface area contributed by atoms with Gasteiger partial charge in [-0.1, -0.05) is 30.3 Å². The van der Waals surface area contributed by atoms with Crippen molar-refractivity contribution in [2.75, 3.05) is 21.1 Å². The fourth-order valence-corrected chi connectivity index (χ4v) is 5.70. The van der Waals surface area contributed by atoms with Gasteiger partial charge in [0.15, 0.2) is 0 Å². The molecule has 2 unspecified atom stereocenters. The first-order valence-electron chi connectivity index (χ1n) is 9.93. The minimum absolute atomic E-state index is 0.0831. The maximum absolute atomic E-state index is 13.0. The van der Waals surface area contributed by atoms with E-state index in [0.29, 0.717) is 11.7 Å². The van der Waals surface area contributed by atoms with Crippen LogP contribution in [0, 0.1) is 11.8 Å². The first-order chi connectivity index (χ1) is 13.0. The highest BCUT2D eigenvalue weighted by molar-refractivity contribution is 7.09. The summed E-state index contributed by atoms with van der Waals surface area (Å²) < 4.78 is 0. The summed E-state index contributed by atoms with van der Waals surface area (Å²) in [5, 5.41) is 2.93. The van der Waals surface area contributed by atoms with Gasteiger partial charge in [0.05, 0.1) is 5.01 Å². The van der Waals surface area contributed by atoms with Gasteiger partial charge in [-0.25, -0.2) is 4.98 Å². The molecular weight excluding hydrogens is 354 g/mol. The van der Waals surface area contributed by atoms with Crippen LogP contribution < -0.4 is 0 Å². The largest absolute Gasteiger partial charge is 0.337 e. The summed E-state index contributed by atoms with van der Waals surface area (Å²) in [6.07, 6.45) is 5.67. The highest BCUT2D eigenvalue weighted by atomic mass is 32.1. The van der Waals surface area contributed by atoms with E-state index in [1.54, 1.807) is 11.3 Å². The van der Waals surface area contributed by atoms with Crippen LogP contribution in [-0.2, 0) is 6.42 Å². The third-order valence-electron chi connectivity index (χ3n) is 6.53. The first kappa shape index (κ1) is 18.6. The molecule has 1 aromatic carbocycles. The first-order valence-corrected chi connectivity index (χ1v) is 10.8. The number of nitrogens with zero attached hydrogens (tertiary/aromatic N) is 3. The summed E-state index contributed by atoms with van der Waals surface area (Å²) in [6.45, 7) is 0. The lowest BCUT2D eigenvalue weighted by Gasteiger charge is -2.26. The summed E-state index contributed by atoms with van der Waals surface area (Å²) in [6, 6.07) is 11.4. The van der Waals surface area contributed by atoms with Gasteiger partial charge in [0.2, 0.25) is 0 Å². The van der Waals surface area contributed by atoms with Crippen LogP contribution in [0.15, 0.2) is 35.7 Å². The average molecular weight is 384 g/mol. The van der Waals surface area contributed by atoms with Crippen molar-refractivity contribution in [1.29, 1.82) is 0 Å². The maximum atomic E-state index is 13.0. The van der Waals surface area contributed by atoms with Crippen molar-refractivity contribution < 1.29 is 4.79 Å². The smallest absolute Gasteiger partial charge is 0.273 e. The second-order valence-corrected chi connectivity index (χ2v) is 9.38. The Labute approximate surface area is 166 Å². The molecule has 4 nitrogen and oxygen atoms in total. The molecule has 1 heterocycles. The number of benzene rings is 1. The van der Waals surface area contributed by atoms with Crippen molar-refractivity contribution in [2.45, 2.75) is 44.2 Å². The molecule has 5 heteroatoms. The number of amides is 1. The number of carbonyl (C=O) groups excluding carboxylic acids is 1. The zero-order valence-corrected chi connectivity index (χ0v) is 17.3. The Morgan fingerprint density at radius 1 is 1.04 bits per heavy atom. The highest BCUT2D eigenvalue weighted by Crippen LogP contribution is 2.46. The molecule has 0 aliphatic heterocycles. The summed E-state index contributed by atoms with van der Waals surface area (Å²) in [5.41, 5.74) is 1.84. The van der Waals surface area contributed by atoms with E-state index < -0.39 is 0 Å². The van der Waals surface area contributed by atoms with E-state index in [4.69, 9.17) is 0 Å². The predicted molar refractivity (Wildman–Crippen MR) is 110 cm³/mol. The molecule has 2 aliphatic rings. The van der Waals surface area contributed by atoms with Crippen LogP contribution in [0.5, 0.6) is 0 Å². The Bertz CT molecular complexity index is 774. The van der Waals surface area contributed by atoms with Crippen molar-refractivity contribution in [1.82, 2.24) is 14.8 Å². The van der Waals surface area contributed by atoms with Crippen molar-refractivity contribution in [3.05, 3.63) is 52.0 Å². The number of carbonyl (C=O) groups is 1. The Morgan fingerprint density at radius 3 is 2.30 bits per heavy atom. The molecule has 4 atom stereocenters. The molecule has 0 saturated heterocycles. The molecule has 4 rings (SSSR count). The van der Waals surface area contributed by atoms with Crippen LogP contribution >= 0.6 is 11.3 Å². The van der Waals surface area contributed by atoms with Gasteiger partial charge in [-0.2, -0.15) is 0 Å². The van der Waals surface area contributed by atoms with E-state index in [-0.39, 0.29) is 5.91 Å². The Balaban J connectivity index is 1.36. The summed E-state index contributed by atoms with van der Waals surface area (Å²) >= 11 is 1.59. The van der Waals surface area contributed by atoms with Gasteiger partial charge in [0.25, 0.3) is 5.91 Å². The van der Waals surface area contributed by atoms with Gasteiger partial charge >= 0.3 is 0 Å².